The van der Waals surface area contributed by atoms with Crippen LogP contribution in [0.5, 0.6) is 11.5 Å². The highest BCUT2D eigenvalue weighted by molar-refractivity contribution is 6.31. The number of urea groups is 1. The average molecular weight is 347 g/mol. The number of halogens is 1. The summed E-state index contributed by atoms with van der Waals surface area (Å²) in [6.07, 6.45) is 0. The van der Waals surface area contributed by atoms with Crippen LogP contribution in [0.2, 0.25) is 5.02 Å². The molecular formula is C17H15ClN2O4. The second-order valence-electron chi connectivity index (χ2n) is 5.25. The number of carbonyl (C=O) groups excluding carboxylic acids is 2. The highest BCUT2D eigenvalue weighted by Crippen LogP contribution is 2.32. The molecule has 0 spiro atoms. The molecule has 6 nitrogen and oxygen atoms in total. The summed E-state index contributed by atoms with van der Waals surface area (Å²) < 4.78 is 10.5. The van der Waals surface area contributed by atoms with Crippen molar-refractivity contribution < 1.29 is 19.1 Å². The number of hydrogen-bond acceptors (Lipinski definition) is 4. The lowest BCUT2D eigenvalue weighted by atomic mass is 10.2. The van der Waals surface area contributed by atoms with E-state index in [0.717, 1.165) is 4.90 Å². The van der Waals surface area contributed by atoms with Crippen molar-refractivity contribution in [3.8, 4) is 11.5 Å². The maximum Gasteiger partial charge on any atom is 0.330 e. The fourth-order valence-electron chi connectivity index (χ4n) is 2.33. The third-order valence-corrected chi connectivity index (χ3v) is 3.93. The molecule has 1 heterocycles. The van der Waals surface area contributed by atoms with Gasteiger partial charge >= 0.3 is 6.03 Å². The molecule has 2 aromatic carbocycles. The van der Waals surface area contributed by atoms with Gasteiger partial charge in [-0.05, 0) is 36.4 Å². The lowest BCUT2D eigenvalue weighted by Gasteiger charge is -2.24. The van der Waals surface area contributed by atoms with Crippen molar-refractivity contribution in [1.82, 2.24) is 4.90 Å². The Hall–Kier alpha value is -2.73. The molecule has 7 heteroatoms. The molecule has 0 bridgehead atoms. The first kappa shape index (κ1) is 16.1. The first-order chi connectivity index (χ1) is 11.5. The molecule has 3 amide bonds. The molecule has 124 valence electrons. The largest absolute Gasteiger partial charge is 0.454 e. The van der Waals surface area contributed by atoms with E-state index in [1.165, 1.54) is 11.9 Å². The van der Waals surface area contributed by atoms with Crippen LogP contribution < -0.4 is 14.4 Å². The molecule has 0 atom stereocenters. The van der Waals surface area contributed by atoms with Crippen LogP contribution in [0.15, 0.2) is 42.5 Å². The number of nitrogens with zero attached hydrogens (tertiary/aromatic N) is 2. The molecule has 24 heavy (non-hydrogen) atoms. The number of fused-ring (bicyclic) bond motifs is 1. The Bertz CT molecular complexity index is 809. The van der Waals surface area contributed by atoms with E-state index in [9.17, 15) is 9.59 Å². The zero-order chi connectivity index (χ0) is 17.3. The van der Waals surface area contributed by atoms with Crippen molar-refractivity contribution >= 4 is 29.2 Å². The van der Waals surface area contributed by atoms with Crippen LogP contribution in [0.4, 0.5) is 10.5 Å². The van der Waals surface area contributed by atoms with Crippen molar-refractivity contribution in [2.75, 3.05) is 25.8 Å². The number of anilines is 1. The molecule has 0 aliphatic carbocycles. The Balaban J connectivity index is 1.78. The summed E-state index contributed by atoms with van der Waals surface area (Å²) in [7, 11) is 3.01. The Morgan fingerprint density at radius 1 is 1.04 bits per heavy atom. The minimum atomic E-state index is -0.472. The number of benzene rings is 2. The predicted octanol–water partition coefficient (Wildman–Crippen LogP) is 3.40. The van der Waals surface area contributed by atoms with Crippen LogP contribution in [0, 0.1) is 0 Å². The van der Waals surface area contributed by atoms with E-state index in [1.54, 1.807) is 49.5 Å². The standard InChI is InChI=1S/C17H15ClN2O4/c1-19(13-5-3-4-12(18)9-13)17(22)20(2)16(21)11-6-7-14-15(8-11)24-10-23-14/h3-9H,10H2,1-2H3. The zero-order valence-corrected chi connectivity index (χ0v) is 13.9. The van der Waals surface area contributed by atoms with Crippen molar-refractivity contribution in [3.63, 3.8) is 0 Å². The fourth-order valence-corrected chi connectivity index (χ4v) is 2.51. The highest BCUT2D eigenvalue weighted by Gasteiger charge is 2.24. The molecular weight excluding hydrogens is 332 g/mol. The molecule has 0 fully saturated rings. The SMILES string of the molecule is CN(C(=O)c1ccc2c(c1)OCO2)C(=O)N(C)c1cccc(Cl)c1. The Morgan fingerprint density at radius 2 is 1.79 bits per heavy atom. The zero-order valence-electron chi connectivity index (χ0n) is 13.2. The third kappa shape index (κ3) is 3.00. The van der Waals surface area contributed by atoms with Crippen LogP contribution in [0.1, 0.15) is 10.4 Å². The molecule has 0 saturated carbocycles. The van der Waals surface area contributed by atoms with E-state index in [4.69, 9.17) is 21.1 Å². The molecule has 0 aromatic heterocycles. The van der Waals surface area contributed by atoms with Crippen molar-refractivity contribution in [2.45, 2.75) is 0 Å². The second-order valence-corrected chi connectivity index (χ2v) is 5.69. The van der Waals surface area contributed by atoms with Gasteiger partial charge in [0.2, 0.25) is 6.79 Å². The van der Waals surface area contributed by atoms with E-state index in [1.807, 2.05) is 0 Å². The summed E-state index contributed by atoms with van der Waals surface area (Å²) in [6, 6.07) is 11.2. The number of ether oxygens (including phenoxy) is 2. The molecule has 2 aromatic rings. The molecule has 1 aliphatic heterocycles. The quantitative estimate of drug-likeness (QED) is 0.836. The number of amides is 3. The van der Waals surface area contributed by atoms with E-state index < -0.39 is 11.9 Å². The predicted molar refractivity (Wildman–Crippen MR) is 89.9 cm³/mol. The summed E-state index contributed by atoms with van der Waals surface area (Å²) in [5, 5.41) is 0.511. The van der Waals surface area contributed by atoms with Gasteiger partial charge in [-0.3, -0.25) is 14.6 Å². The summed E-state index contributed by atoms with van der Waals surface area (Å²) in [6.45, 7) is 0.124. The topological polar surface area (TPSA) is 59.1 Å². The van der Waals surface area contributed by atoms with Gasteiger partial charge in [-0.25, -0.2) is 4.79 Å². The van der Waals surface area contributed by atoms with Gasteiger partial charge in [0.1, 0.15) is 0 Å². The van der Waals surface area contributed by atoms with Gasteiger partial charge in [-0.2, -0.15) is 0 Å². The second kappa shape index (κ2) is 6.41. The normalized spacial score (nSPS) is 12.0. The van der Waals surface area contributed by atoms with E-state index in [0.29, 0.717) is 27.8 Å². The first-order valence-electron chi connectivity index (χ1n) is 7.18. The monoisotopic (exact) mass is 346 g/mol. The molecule has 0 saturated heterocycles. The smallest absolute Gasteiger partial charge is 0.330 e. The van der Waals surface area contributed by atoms with Crippen LogP contribution in [0.25, 0.3) is 0 Å². The maximum absolute atomic E-state index is 12.5. The summed E-state index contributed by atoms with van der Waals surface area (Å²) >= 11 is 5.94. The number of hydrogen-bond donors (Lipinski definition) is 0. The van der Waals surface area contributed by atoms with Gasteiger partial charge in [-0.15, -0.1) is 0 Å². The number of carbonyl (C=O) groups is 2. The van der Waals surface area contributed by atoms with Crippen molar-refractivity contribution in [3.05, 3.63) is 53.1 Å². The highest BCUT2D eigenvalue weighted by atomic mass is 35.5. The third-order valence-electron chi connectivity index (χ3n) is 3.69. The molecule has 0 radical (unpaired) electrons. The maximum atomic E-state index is 12.5. The van der Waals surface area contributed by atoms with Gasteiger partial charge in [0.25, 0.3) is 5.91 Å². The van der Waals surface area contributed by atoms with Gasteiger partial charge in [0.05, 0.1) is 0 Å². The van der Waals surface area contributed by atoms with Gasteiger partial charge in [0, 0.05) is 30.4 Å². The summed E-state index contributed by atoms with van der Waals surface area (Å²) in [5.41, 5.74) is 0.937. The van der Waals surface area contributed by atoms with Crippen molar-refractivity contribution in [2.24, 2.45) is 0 Å². The molecule has 0 N–H and O–H groups in total. The summed E-state index contributed by atoms with van der Waals surface area (Å²) in [4.78, 5) is 27.5. The number of rotatable bonds is 2. The Labute approximate surface area is 144 Å². The number of imide groups is 1. The van der Waals surface area contributed by atoms with Gasteiger partial charge in [0.15, 0.2) is 11.5 Å². The lowest BCUT2D eigenvalue weighted by Crippen LogP contribution is -2.42. The van der Waals surface area contributed by atoms with Gasteiger partial charge < -0.3 is 9.47 Å². The van der Waals surface area contributed by atoms with E-state index in [-0.39, 0.29) is 6.79 Å². The fraction of sp³-hybridized carbons (Fsp3) is 0.176. The summed E-state index contributed by atoms with van der Waals surface area (Å²) in [5.74, 6) is 0.633. The lowest BCUT2D eigenvalue weighted by molar-refractivity contribution is 0.0836. The Kier molecular flexibility index (Phi) is 4.31. The molecule has 3 rings (SSSR count). The van der Waals surface area contributed by atoms with Crippen LogP contribution in [0.3, 0.4) is 0 Å². The van der Waals surface area contributed by atoms with Crippen molar-refractivity contribution in [1.29, 1.82) is 0 Å². The molecule has 0 unspecified atom stereocenters. The first-order valence-corrected chi connectivity index (χ1v) is 7.56. The van der Waals surface area contributed by atoms with Crippen LogP contribution >= 0.6 is 11.6 Å². The molecule has 1 aliphatic rings. The van der Waals surface area contributed by atoms with E-state index >= 15 is 0 Å². The van der Waals surface area contributed by atoms with Gasteiger partial charge in [-0.1, -0.05) is 17.7 Å². The minimum Gasteiger partial charge on any atom is -0.454 e. The Morgan fingerprint density at radius 3 is 2.54 bits per heavy atom. The van der Waals surface area contributed by atoms with Crippen LogP contribution in [-0.2, 0) is 0 Å². The minimum absolute atomic E-state index is 0.124. The van der Waals surface area contributed by atoms with Crippen LogP contribution in [-0.4, -0.2) is 37.7 Å². The average Bonchev–Trinajstić information content (AvgIpc) is 3.06. The van der Waals surface area contributed by atoms with E-state index in [2.05, 4.69) is 0 Å².